The summed E-state index contributed by atoms with van der Waals surface area (Å²) < 4.78 is 5.35. The van der Waals surface area contributed by atoms with E-state index < -0.39 is 0 Å². The molecule has 182 valence electrons. The number of nitrogens with zero attached hydrogens (tertiary/aromatic N) is 2. The fourth-order valence-electron chi connectivity index (χ4n) is 3.88. The van der Waals surface area contributed by atoms with Crippen LogP contribution in [-0.4, -0.2) is 47.3 Å². The number of hydrogen-bond donors (Lipinski definition) is 4. The molecule has 1 saturated heterocycles. The maximum absolute atomic E-state index is 12.8. The quantitative estimate of drug-likeness (QED) is 0.280. The summed E-state index contributed by atoms with van der Waals surface area (Å²) in [5.74, 6) is -0.364. The molecule has 0 saturated carbocycles. The number of thiophene rings is 1. The van der Waals surface area contributed by atoms with E-state index in [1.165, 1.54) is 17.7 Å². The molecule has 1 aromatic carbocycles. The van der Waals surface area contributed by atoms with Crippen molar-refractivity contribution in [1.29, 1.82) is 5.41 Å². The summed E-state index contributed by atoms with van der Waals surface area (Å²) in [6.07, 6.45) is 4.86. The molecule has 1 atom stereocenters. The van der Waals surface area contributed by atoms with Gasteiger partial charge in [0.05, 0.1) is 22.3 Å². The number of carbonyl (C=O) groups excluding carboxylic acids is 2. The normalized spacial score (nSPS) is 14.8. The number of benzene rings is 1. The Hall–Kier alpha value is -3.63. The zero-order valence-electron chi connectivity index (χ0n) is 19.4. The van der Waals surface area contributed by atoms with E-state index in [1.54, 1.807) is 18.2 Å². The van der Waals surface area contributed by atoms with Gasteiger partial charge in [-0.2, -0.15) is 0 Å². The van der Waals surface area contributed by atoms with Crippen LogP contribution in [0.25, 0.3) is 11.3 Å². The van der Waals surface area contributed by atoms with Gasteiger partial charge in [-0.05, 0) is 49.6 Å². The smallest absolute Gasteiger partial charge is 0.261 e. The molecule has 5 N–H and O–H groups in total. The number of nitrogens with one attached hydrogen (secondary N) is 3. The Labute approximate surface area is 207 Å². The molecular weight excluding hydrogens is 464 g/mol. The second kappa shape index (κ2) is 11.2. The van der Waals surface area contributed by atoms with Crippen LogP contribution >= 0.6 is 11.3 Å². The lowest BCUT2D eigenvalue weighted by Gasteiger charge is -2.22. The van der Waals surface area contributed by atoms with Gasteiger partial charge in [0.2, 0.25) is 0 Å². The van der Waals surface area contributed by atoms with Crippen LogP contribution in [0, 0.1) is 5.41 Å². The van der Waals surface area contributed by atoms with E-state index >= 15 is 0 Å². The van der Waals surface area contributed by atoms with Crippen LogP contribution in [0.3, 0.4) is 0 Å². The van der Waals surface area contributed by atoms with Crippen molar-refractivity contribution in [2.45, 2.75) is 38.3 Å². The average Bonchev–Trinajstić information content (AvgIpc) is 3.39. The van der Waals surface area contributed by atoms with Gasteiger partial charge in [-0.1, -0.05) is 6.92 Å². The minimum atomic E-state index is -0.333. The van der Waals surface area contributed by atoms with Crippen molar-refractivity contribution in [3.63, 3.8) is 0 Å². The number of ether oxygens (including phenoxy) is 1. The molecule has 9 nitrogen and oxygen atoms in total. The Bertz CT molecular complexity index is 1220. The monoisotopic (exact) mass is 492 g/mol. The lowest BCUT2D eigenvalue weighted by molar-refractivity contribution is 0.0698. The van der Waals surface area contributed by atoms with Crippen LogP contribution < -0.4 is 16.4 Å². The number of aromatic nitrogens is 2. The van der Waals surface area contributed by atoms with Crippen LogP contribution in [0.15, 0.2) is 42.0 Å². The first-order valence-electron chi connectivity index (χ1n) is 11.5. The molecule has 3 heterocycles. The molecule has 2 aromatic heterocycles. The van der Waals surface area contributed by atoms with Crippen LogP contribution in [0.1, 0.15) is 63.5 Å². The first kappa shape index (κ1) is 24.5. The lowest BCUT2D eigenvalue weighted by atomic mass is 10.1. The summed E-state index contributed by atoms with van der Waals surface area (Å²) in [7, 11) is 0. The zero-order chi connectivity index (χ0) is 24.8. The Morgan fingerprint density at radius 2 is 2.03 bits per heavy atom. The highest BCUT2D eigenvalue weighted by Gasteiger charge is 2.20. The molecule has 1 fully saturated rings. The second-order valence-corrected chi connectivity index (χ2v) is 9.22. The molecule has 0 spiro atoms. The molecule has 3 aromatic rings. The Kier molecular flexibility index (Phi) is 7.84. The largest absolute Gasteiger partial charge is 0.398 e. The molecule has 0 aliphatic carbocycles. The third-order valence-corrected chi connectivity index (χ3v) is 6.87. The van der Waals surface area contributed by atoms with E-state index in [0.717, 1.165) is 24.6 Å². The standard InChI is InChI=1S/C25H28N6O3S/c1-2-20(31-24(32)15-3-4-19(27)16(9-15)12-26)22-11-21(28-14-29-22)17-10-23(35-13-17)25(33)30-18-5-7-34-8-6-18/h3-4,9-14,18,20,26H,2,5-8,27H2,1H3,(H,30,33)(H,31,32). The summed E-state index contributed by atoms with van der Waals surface area (Å²) in [5, 5.41) is 15.4. The van der Waals surface area contributed by atoms with Gasteiger partial charge in [0.25, 0.3) is 11.8 Å². The summed E-state index contributed by atoms with van der Waals surface area (Å²) in [4.78, 5) is 34.9. The maximum atomic E-state index is 12.8. The minimum Gasteiger partial charge on any atom is -0.398 e. The molecule has 1 aliphatic rings. The highest BCUT2D eigenvalue weighted by atomic mass is 32.1. The van der Waals surface area contributed by atoms with E-state index in [0.29, 0.717) is 52.7 Å². The molecule has 1 unspecified atom stereocenters. The van der Waals surface area contributed by atoms with Crippen molar-refractivity contribution in [2.24, 2.45) is 0 Å². The number of nitrogens with two attached hydrogens (primary N) is 1. The van der Waals surface area contributed by atoms with E-state index in [1.807, 2.05) is 24.4 Å². The van der Waals surface area contributed by atoms with Crippen LogP contribution in [-0.2, 0) is 4.74 Å². The van der Waals surface area contributed by atoms with Crippen LogP contribution in [0.2, 0.25) is 0 Å². The van der Waals surface area contributed by atoms with Gasteiger partial charge in [-0.15, -0.1) is 11.3 Å². The molecule has 0 bridgehead atoms. The predicted molar refractivity (Wildman–Crippen MR) is 136 cm³/mol. The van der Waals surface area contributed by atoms with Crippen molar-refractivity contribution in [1.82, 2.24) is 20.6 Å². The SMILES string of the molecule is CCC(NC(=O)c1ccc(N)c(C=N)c1)c1cc(-c2csc(C(=O)NC3CCOCC3)c2)ncn1. The van der Waals surface area contributed by atoms with Crippen LogP contribution in [0.5, 0.6) is 0 Å². The lowest BCUT2D eigenvalue weighted by Crippen LogP contribution is -2.38. The summed E-state index contributed by atoms with van der Waals surface area (Å²) in [6.45, 7) is 3.30. The molecule has 10 heteroatoms. The number of carbonyl (C=O) groups is 2. The van der Waals surface area contributed by atoms with Crippen molar-refractivity contribution in [3.05, 3.63) is 63.7 Å². The van der Waals surface area contributed by atoms with E-state index in [9.17, 15) is 9.59 Å². The van der Waals surface area contributed by atoms with E-state index in [4.69, 9.17) is 15.9 Å². The van der Waals surface area contributed by atoms with Gasteiger partial charge in [0.1, 0.15) is 6.33 Å². The van der Waals surface area contributed by atoms with E-state index in [-0.39, 0.29) is 23.9 Å². The van der Waals surface area contributed by atoms with Gasteiger partial charge >= 0.3 is 0 Å². The Balaban J connectivity index is 1.47. The third-order valence-electron chi connectivity index (χ3n) is 5.94. The molecule has 0 radical (unpaired) electrons. The number of hydrogen-bond acceptors (Lipinski definition) is 8. The van der Waals surface area contributed by atoms with Gasteiger partial charge in [0, 0.05) is 53.2 Å². The average molecular weight is 493 g/mol. The second-order valence-electron chi connectivity index (χ2n) is 8.31. The number of anilines is 1. The minimum absolute atomic E-state index is 0.0890. The van der Waals surface area contributed by atoms with Crippen LogP contribution in [0.4, 0.5) is 5.69 Å². The number of rotatable bonds is 8. The van der Waals surface area contributed by atoms with Crippen molar-refractivity contribution >= 4 is 35.1 Å². The fourth-order valence-corrected chi connectivity index (χ4v) is 4.68. The Morgan fingerprint density at radius 3 is 2.77 bits per heavy atom. The summed E-state index contributed by atoms with van der Waals surface area (Å²) in [6, 6.07) is 8.31. The third kappa shape index (κ3) is 5.90. The predicted octanol–water partition coefficient (Wildman–Crippen LogP) is 3.57. The maximum Gasteiger partial charge on any atom is 0.261 e. The fraction of sp³-hybridized carbons (Fsp3) is 0.320. The number of amides is 2. The molecule has 2 amide bonds. The zero-order valence-corrected chi connectivity index (χ0v) is 20.2. The van der Waals surface area contributed by atoms with Gasteiger partial charge < -0.3 is 26.5 Å². The summed E-state index contributed by atoms with van der Waals surface area (Å²) in [5.41, 5.74) is 9.37. The highest BCUT2D eigenvalue weighted by molar-refractivity contribution is 7.12. The first-order valence-corrected chi connectivity index (χ1v) is 12.4. The topological polar surface area (TPSA) is 143 Å². The van der Waals surface area contributed by atoms with Crippen molar-refractivity contribution in [3.8, 4) is 11.3 Å². The first-order chi connectivity index (χ1) is 17.0. The Morgan fingerprint density at radius 1 is 1.23 bits per heavy atom. The molecule has 4 rings (SSSR count). The number of nitrogen functional groups attached to an aromatic ring is 1. The van der Waals surface area contributed by atoms with E-state index in [2.05, 4.69) is 20.6 Å². The molecule has 35 heavy (non-hydrogen) atoms. The highest BCUT2D eigenvalue weighted by Crippen LogP contribution is 2.26. The van der Waals surface area contributed by atoms with Crippen molar-refractivity contribution < 1.29 is 14.3 Å². The van der Waals surface area contributed by atoms with Crippen molar-refractivity contribution in [2.75, 3.05) is 18.9 Å². The van der Waals surface area contributed by atoms with Gasteiger partial charge in [0.15, 0.2) is 0 Å². The summed E-state index contributed by atoms with van der Waals surface area (Å²) >= 11 is 1.37. The molecular formula is C25H28N6O3S. The van der Waals surface area contributed by atoms with Gasteiger partial charge in [-0.25, -0.2) is 9.97 Å². The molecule has 1 aliphatic heterocycles. The van der Waals surface area contributed by atoms with Gasteiger partial charge in [-0.3, -0.25) is 9.59 Å².